The lowest BCUT2D eigenvalue weighted by Crippen LogP contribution is -2.42. The molecule has 0 radical (unpaired) electrons. The molecule has 0 spiro atoms. The molecule has 0 aromatic heterocycles. The highest BCUT2D eigenvalue weighted by atomic mass is 79.9. The summed E-state index contributed by atoms with van der Waals surface area (Å²) < 4.78 is 0.888. The number of hydrogen-bond donors (Lipinski definition) is 0. The van der Waals surface area contributed by atoms with Gasteiger partial charge in [-0.2, -0.15) is 0 Å². The average molecular weight is 310 g/mol. The summed E-state index contributed by atoms with van der Waals surface area (Å²) in [5.41, 5.74) is 1.20. The van der Waals surface area contributed by atoms with Crippen molar-refractivity contribution >= 4 is 21.8 Å². The van der Waals surface area contributed by atoms with Gasteiger partial charge in [0, 0.05) is 17.6 Å². The fraction of sp³-hybridized carbons (Fsp3) is 0.533. The van der Waals surface area contributed by atoms with Crippen LogP contribution in [-0.2, 0) is 0 Å². The summed E-state index contributed by atoms with van der Waals surface area (Å²) in [5, 5.41) is 0. The fourth-order valence-corrected chi connectivity index (χ4v) is 2.86. The van der Waals surface area contributed by atoms with E-state index in [0.29, 0.717) is 5.41 Å². The quantitative estimate of drug-likeness (QED) is 0.805. The molecule has 0 atom stereocenters. The van der Waals surface area contributed by atoms with Gasteiger partial charge in [0.1, 0.15) is 0 Å². The summed E-state index contributed by atoms with van der Waals surface area (Å²) in [4.78, 5) is 14.4. The molecule has 0 unspecified atom stereocenters. The standard InChI is InChI=1S/C15H20BrNO/c1-3-15(2)8-10-17(11-9-15)14(18)12-6-4-5-7-13(12)16/h4-7H,3,8-11H2,1-2H3. The topological polar surface area (TPSA) is 20.3 Å². The van der Waals surface area contributed by atoms with Crippen molar-refractivity contribution in [3.05, 3.63) is 34.3 Å². The molecule has 2 rings (SSSR count). The first-order valence-corrected chi connectivity index (χ1v) is 7.39. The van der Waals surface area contributed by atoms with Gasteiger partial charge in [0.05, 0.1) is 5.56 Å². The first kappa shape index (κ1) is 13.6. The molecule has 0 bridgehead atoms. The van der Waals surface area contributed by atoms with Crippen LogP contribution < -0.4 is 0 Å². The number of nitrogens with zero attached hydrogens (tertiary/aromatic N) is 1. The summed E-state index contributed by atoms with van der Waals surface area (Å²) in [6.45, 7) is 6.33. The Kier molecular flexibility index (Phi) is 4.10. The molecule has 0 saturated carbocycles. The zero-order valence-electron chi connectivity index (χ0n) is 11.1. The van der Waals surface area contributed by atoms with E-state index in [2.05, 4.69) is 29.8 Å². The highest BCUT2D eigenvalue weighted by Crippen LogP contribution is 2.34. The number of amides is 1. The molecule has 1 heterocycles. The number of piperidine rings is 1. The van der Waals surface area contributed by atoms with Gasteiger partial charge in [-0.3, -0.25) is 4.79 Å². The van der Waals surface area contributed by atoms with Gasteiger partial charge in [-0.05, 0) is 46.3 Å². The van der Waals surface area contributed by atoms with Gasteiger partial charge < -0.3 is 4.90 Å². The second kappa shape index (κ2) is 5.43. The first-order valence-electron chi connectivity index (χ1n) is 6.59. The van der Waals surface area contributed by atoms with E-state index in [4.69, 9.17) is 0 Å². The largest absolute Gasteiger partial charge is 0.339 e. The Morgan fingerprint density at radius 1 is 1.33 bits per heavy atom. The van der Waals surface area contributed by atoms with E-state index in [9.17, 15) is 4.79 Å². The van der Waals surface area contributed by atoms with Crippen LogP contribution in [0, 0.1) is 5.41 Å². The molecule has 98 valence electrons. The zero-order chi connectivity index (χ0) is 13.2. The van der Waals surface area contributed by atoms with E-state index in [1.54, 1.807) is 0 Å². The summed E-state index contributed by atoms with van der Waals surface area (Å²) in [7, 11) is 0. The van der Waals surface area contributed by atoms with Gasteiger partial charge in [0.25, 0.3) is 5.91 Å². The van der Waals surface area contributed by atoms with Crippen molar-refractivity contribution in [2.75, 3.05) is 13.1 Å². The van der Waals surface area contributed by atoms with Crippen LogP contribution >= 0.6 is 15.9 Å². The third kappa shape index (κ3) is 2.77. The number of likely N-dealkylation sites (tertiary alicyclic amines) is 1. The van der Waals surface area contributed by atoms with Crippen molar-refractivity contribution in [2.24, 2.45) is 5.41 Å². The lowest BCUT2D eigenvalue weighted by molar-refractivity contribution is 0.0599. The summed E-state index contributed by atoms with van der Waals surface area (Å²) in [5.74, 6) is 0.153. The minimum absolute atomic E-state index is 0.153. The van der Waals surface area contributed by atoms with E-state index < -0.39 is 0 Å². The molecule has 1 amide bonds. The van der Waals surface area contributed by atoms with Crippen molar-refractivity contribution in [3.63, 3.8) is 0 Å². The number of hydrogen-bond acceptors (Lipinski definition) is 1. The number of carbonyl (C=O) groups excluding carboxylic acids is 1. The molecule has 1 aliphatic rings. The van der Waals surface area contributed by atoms with Crippen LogP contribution in [0.3, 0.4) is 0 Å². The maximum absolute atomic E-state index is 12.4. The average Bonchev–Trinajstić information content (AvgIpc) is 2.39. The second-order valence-corrected chi connectivity index (χ2v) is 6.29. The lowest BCUT2D eigenvalue weighted by Gasteiger charge is -2.39. The van der Waals surface area contributed by atoms with Crippen LogP contribution in [0.2, 0.25) is 0 Å². The van der Waals surface area contributed by atoms with Crippen molar-refractivity contribution in [3.8, 4) is 0 Å². The second-order valence-electron chi connectivity index (χ2n) is 5.44. The molecule has 1 fully saturated rings. The first-order chi connectivity index (χ1) is 8.56. The molecule has 3 heteroatoms. The van der Waals surface area contributed by atoms with Crippen LogP contribution in [0.4, 0.5) is 0 Å². The van der Waals surface area contributed by atoms with Gasteiger partial charge in [0.15, 0.2) is 0 Å². The van der Waals surface area contributed by atoms with Crippen LogP contribution in [0.15, 0.2) is 28.7 Å². The predicted octanol–water partition coefficient (Wildman–Crippen LogP) is 4.10. The molecule has 0 aliphatic carbocycles. The van der Waals surface area contributed by atoms with E-state index in [-0.39, 0.29) is 5.91 Å². The number of carbonyl (C=O) groups is 1. The maximum atomic E-state index is 12.4. The SMILES string of the molecule is CCC1(C)CCN(C(=O)c2ccccc2Br)CC1. The monoisotopic (exact) mass is 309 g/mol. The Morgan fingerprint density at radius 3 is 2.50 bits per heavy atom. The third-order valence-corrected chi connectivity index (χ3v) is 4.91. The van der Waals surface area contributed by atoms with Gasteiger partial charge in [-0.1, -0.05) is 32.4 Å². The van der Waals surface area contributed by atoms with E-state index >= 15 is 0 Å². The summed E-state index contributed by atoms with van der Waals surface area (Å²) >= 11 is 3.45. The molecular formula is C15H20BrNO. The lowest BCUT2D eigenvalue weighted by atomic mass is 9.78. The summed E-state index contributed by atoms with van der Waals surface area (Å²) in [6, 6.07) is 7.66. The smallest absolute Gasteiger partial charge is 0.254 e. The Labute approximate surface area is 117 Å². The minimum Gasteiger partial charge on any atom is -0.339 e. The van der Waals surface area contributed by atoms with Gasteiger partial charge in [0.2, 0.25) is 0 Å². The van der Waals surface area contributed by atoms with Crippen LogP contribution in [-0.4, -0.2) is 23.9 Å². The molecule has 0 N–H and O–H groups in total. The van der Waals surface area contributed by atoms with Crippen molar-refractivity contribution < 1.29 is 4.79 Å². The fourth-order valence-electron chi connectivity index (χ4n) is 2.41. The normalized spacial score (nSPS) is 18.7. The number of benzene rings is 1. The zero-order valence-corrected chi connectivity index (χ0v) is 12.7. The van der Waals surface area contributed by atoms with Crippen molar-refractivity contribution in [1.82, 2.24) is 4.90 Å². The highest BCUT2D eigenvalue weighted by Gasteiger charge is 2.30. The Hall–Kier alpha value is -0.830. The highest BCUT2D eigenvalue weighted by molar-refractivity contribution is 9.10. The van der Waals surface area contributed by atoms with E-state index in [0.717, 1.165) is 36.0 Å². The Bertz CT molecular complexity index is 436. The third-order valence-electron chi connectivity index (χ3n) is 4.22. The molecule has 2 nitrogen and oxygen atoms in total. The van der Waals surface area contributed by atoms with Gasteiger partial charge >= 0.3 is 0 Å². The van der Waals surface area contributed by atoms with Crippen LogP contribution in [0.25, 0.3) is 0 Å². The Balaban J connectivity index is 2.07. The maximum Gasteiger partial charge on any atom is 0.254 e. The Morgan fingerprint density at radius 2 is 1.94 bits per heavy atom. The van der Waals surface area contributed by atoms with E-state index in [1.165, 1.54) is 6.42 Å². The number of halogens is 1. The van der Waals surface area contributed by atoms with E-state index in [1.807, 2.05) is 29.2 Å². The molecule has 1 saturated heterocycles. The minimum atomic E-state index is 0.153. The molecule has 1 aromatic rings. The molecular weight excluding hydrogens is 290 g/mol. The predicted molar refractivity (Wildman–Crippen MR) is 77.7 cm³/mol. The van der Waals surface area contributed by atoms with Crippen LogP contribution in [0.1, 0.15) is 43.5 Å². The summed E-state index contributed by atoms with van der Waals surface area (Å²) in [6.07, 6.45) is 3.42. The molecule has 1 aromatic carbocycles. The molecule has 18 heavy (non-hydrogen) atoms. The molecule has 1 aliphatic heterocycles. The van der Waals surface area contributed by atoms with Gasteiger partial charge in [-0.15, -0.1) is 0 Å². The van der Waals surface area contributed by atoms with Gasteiger partial charge in [-0.25, -0.2) is 0 Å². The van der Waals surface area contributed by atoms with Crippen molar-refractivity contribution in [1.29, 1.82) is 0 Å². The van der Waals surface area contributed by atoms with Crippen molar-refractivity contribution in [2.45, 2.75) is 33.1 Å². The number of rotatable bonds is 2. The van der Waals surface area contributed by atoms with Crippen LogP contribution in [0.5, 0.6) is 0 Å².